The third-order valence-electron chi connectivity index (χ3n) is 1.85. The van der Waals surface area contributed by atoms with Crippen molar-refractivity contribution >= 4 is 15.9 Å². The molecule has 0 atom stereocenters. The summed E-state index contributed by atoms with van der Waals surface area (Å²) >= 11 is 0. The summed E-state index contributed by atoms with van der Waals surface area (Å²) in [5.41, 5.74) is -0.564. The van der Waals surface area contributed by atoms with Gasteiger partial charge in [-0.2, -0.15) is 0 Å². The SMILES string of the molecule is CS(=O)(=O)c1ccc(F)c(CN=C=O)c1F. The van der Waals surface area contributed by atoms with Crippen molar-refractivity contribution in [3.05, 3.63) is 29.3 Å². The number of hydrogen-bond acceptors (Lipinski definition) is 4. The van der Waals surface area contributed by atoms with Crippen LogP contribution in [0.3, 0.4) is 0 Å². The molecular weight excluding hydrogens is 240 g/mol. The van der Waals surface area contributed by atoms with E-state index in [1.165, 1.54) is 0 Å². The van der Waals surface area contributed by atoms with Crippen molar-refractivity contribution in [1.29, 1.82) is 0 Å². The molecule has 0 bridgehead atoms. The third-order valence-corrected chi connectivity index (χ3v) is 2.97. The number of benzene rings is 1. The zero-order valence-corrected chi connectivity index (χ0v) is 9.01. The van der Waals surface area contributed by atoms with Gasteiger partial charge in [0.1, 0.15) is 16.5 Å². The summed E-state index contributed by atoms with van der Waals surface area (Å²) in [6, 6.07) is 1.64. The lowest BCUT2D eigenvalue weighted by molar-refractivity contribution is 0.528. The first kappa shape index (κ1) is 12.5. The molecule has 1 rings (SSSR count). The summed E-state index contributed by atoms with van der Waals surface area (Å²) < 4.78 is 48.9. The summed E-state index contributed by atoms with van der Waals surface area (Å²) in [5.74, 6) is -2.18. The molecule has 86 valence electrons. The van der Waals surface area contributed by atoms with Gasteiger partial charge >= 0.3 is 0 Å². The molecule has 0 unspecified atom stereocenters. The van der Waals surface area contributed by atoms with Gasteiger partial charge in [0.05, 0.1) is 6.54 Å². The summed E-state index contributed by atoms with van der Waals surface area (Å²) in [6.07, 6.45) is 1.92. The molecule has 16 heavy (non-hydrogen) atoms. The monoisotopic (exact) mass is 247 g/mol. The minimum atomic E-state index is -3.78. The van der Waals surface area contributed by atoms with E-state index in [0.29, 0.717) is 0 Å². The average molecular weight is 247 g/mol. The minimum absolute atomic E-state index is 0.564. The Morgan fingerprint density at radius 3 is 2.50 bits per heavy atom. The van der Waals surface area contributed by atoms with Crippen molar-refractivity contribution < 1.29 is 22.0 Å². The van der Waals surface area contributed by atoms with Crippen molar-refractivity contribution in [1.82, 2.24) is 0 Å². The molecule has 0 spiro atoms. The lowest BCUT2D eigenvalue weighted by Gasteiger charge is -2.05. The smallest absolute Gasteiger partial charge is 0.224 e. The van der Waals surface area contributed by atoms with E-state index in [-0.39, 0.29) is 0 Å². The Hall–Kier alpha value is -1.59. The molecule has 0 saturated carbocycles. The van der Waals surface area contributed by atoms with Crippen molar-refractivity contribution in [2.24, 2.45) is 4.99 Å². The number of rotatable bonds is 3. The lowest BCUT2D eigenvalue weighted by atomic mass is 10.2. The summed E-state index contributed by atoms with van der Waals surface area (Å²) in [5, 5.41) is 0. The molecule has 0 aromatic heterocycles. The molecule has 7 heteroatoms. The van der Waals surface area contributed by atoms with E-state index in [1.807, 2.05) is 0 Å². The van der Waals surface area contributed by atoms with Crippen LogP contribution >= 0.6 is 0 Å². The second-order valence-corrected chi connectivity index (χ2v) is 5.00. The largest absolute Gasteiger partial charge is 0.235 e. The van der Waals surface area contributed by atoms with E-state index in [0.717, 1.165) is 24.5 Å². The maximum atomic E-state index is 13.5. The summed E-state index contributed by atoms with van der Waals surface area (Å²) in [4.78, 5) is 12.2. The Morgan fingerprint density at radius 2 is 2.00 bits per heavy atom. The highest BCUT2D eigenvalue weighted by Gasteiger charge is 2.19. The molecule has 1 aromatic carbocycles. The molecule has 0 fully saturated rings. The topological polar surface area (TPSA) is 63.6 Å². The van der Waals surface area contributed by atoms with Crippen LogP contribution in [0, 0.1) is 11.6 Å². The molecule has 0 radical (unpaired) electrons. The van der Waals surface area contributed by atoms with Gasteiger partial charge in [0.2, 0.25) is 6.08 Å². The summed E-state index contributed by atoms with van der Waals surface area (Å²) in [7, 11) is -3.78. The van der Waals surface area contributed by atoms with Crippen LogP contribution in [0.1, 0.15) is 5.56 Å². The average Bonchev–Trinajstić information content (AvgIpc) is 2.15. The van der Waals surface area contributed by atoms with E-state index in [2.05, 4.69) is 4.99 Å². The van der Waals surface area contributed by atoms with E-state index < -0.39 is 38.5 Å². The number of isocyanates is 1. The number of sulfone groups is 1. The number of carbonyl (C=O) groups excluding carboxylic acids is 1. The van der Waals surface area contributed by atoms with Gasteiger partial charge in [-0.25, -0.2) is 27.0 Å². The molecule has 1 aromatic rings. The first-order valence-corrected chi connectivity index (χ1v) is 5.97. The van der Waals surface area contributed by atoms with Gasteiger partial charge in [0.25, 0.3) is 0 Å². The minimum Gasteiger partial charge on any atom is -0.224 e. The van der Waals surface area contributed by atoms with Crippen LogP contribution in [0.15, 0.2) is 22.0 Å². The zero-order chi connectivity index (χ0) is 12.3. The van der Waals surface area contributed by atoms with Crippen LogP contribution < -0.4 is 0 Å². The van der Waals surface area contributed by atoms with Gasteiger partial charge in [0.15, 0.2) is 9.84 Å². The van der Waals surface area contributed by atoms with Crippen LogP contribution in [-0.2, 0) is 21.2 Å². The van der Waals surface area contributed by atoms with Gasteiger partial charge in [-0.05, 0) is 12.1 Å². The Balaban J connectivity index is 3.44. The number of hydrogen-bond donors (Lipinski definition) is 0. The van der Waals surface area contributed by atoms with Crippen LogP contribution in [-0.4, -0.2) is 20.8 Å². The number of nitrogens with zero attached hydrogens (tertiary/aromatic N) is 1. The first-order chi connectivity index (χ1) is 7.38. The van der Waals surface area contributed by atoms with E-state index in [9.17, 15) is 22.0 Å². The Labute approximate surface area is 90.5 Å². The van der Waals surface area contributed by atoms with Gasteiger partial charge in [0, 0.05) is 11.8 Å². The molecule has 0 N–H and O–H groups in total. The molecule has 0 aliphatic heterocycles. The van der Waals surface area contributed by atoms with E-state index in [1.54, 1.807) is 0 Å². The van der Waals surface area contributed by atoms with E-state index in [4.69, 9.17) is 0 Å². The fraction of sp³-hybridized carbons (Fsp3) is 0.222. The van der Waals surface area contributed by atoms with Gasteiger partial charge < -0.3 is 0 Å². The number of aliphatic imine (C=N–C) groups is 1. The lowest BCUT2D eigenvalue weighted by Crippen LogP contribution is -2.05. The maximum Gasteiger partial charge on any atom is 0.235 e. The zero-order valence-electron chi connectivity index (χ0n) is 8.20. The van der Waals surface area contributed by atoms with Gasteiger partial charge in [-0.3, -0.25) is 0 Å². The van der Waals surface area contributed by atoms with Crippen LogP contribution in [0.4, 0.5) is 8.78 Å². The summed E-state index contributed by atoms with van der Waals surface area (Å²) in [6.45, 7) is -0.579. The van der Waals surface area contributed by atoms with Crippen LogP contribution in [0.2, 0.25) is 0 Å². The maximum absolute atomic E-state index is 13.5. The van der Waals surface area contributed by atoms with Crippen LogP contribution in [0.25, 0.3) is 0 Å². The normalized spacial score (nSPS) is 10.9. The molecular formula is C9H7F2NO3S. The van der Waals surface area contributed by atoms with Crippen molar-refractivity contribution in [2.75, 3.05) is 6.26 Å². The molecule has 0 saturated heterocycles. The van der Waals surface area contributed by atoms with Crippen molar-refractivity contribution in [2.45, 2.75) is 11.4 Å². The second-order valence-electron chi connectivity index (χ2n) is 3.02. The van der Waals surface area contributed by atoms with Crippen molar-refractivity contribution in [3.8, 4) is 0 Å². The highest BCUT2D eigenvalue weighted by molar-refractivity contribution is 7.90. The highest BCUT2D eigenvalue weighted by atomic mass is 32.2. The first-order valence-electron chi connectivity index (χ1n) is 4.08. The Bertz CT molecular complexity index is 562. The molecule has 0 aliphatic carbocycles. The molecule has 0 aliphatic rings. The van der Waals surface area contributed by atoms with Gasteiger partial charge in [-0.1, -0.05) is 0 Å². The number of halogens is 2. The molecule has 4 nitrogen and oxygen atoms in total. The highest BCUT2D eigenvalue weighted by Crippen LogP contribution is 2.21. The standard InChI is InChI=1S/C9H7F2NO3S/c1-16(14,15)8-3-2-7(10)6(9(8)11)4-12-5-13/h2-3H,4H2,1H3. The predicted octanol–water partition coefficient (Wildman–Crippen LogP) is 1.20. The fourth-order valence-corrected chi connectivity index (χ4v) is 1.88. The second kappa shape index (κ2) is 4.51. The predicted molar refractivity (Wildman–Crippen MR) is 51.3 cm³/mol. The van der Waals surface area contributed by atoms with Gasteiger partial charge in [-0.15, -0.1) is 0 Å². The fourth-order valence-electron chi connectivity index (χ4n) is 1.12. The Kier molecular flexibility index (Phi) is 3.51. The Morgan fingerprint density at radius 1 is 1.38 bits per heavy atom. The van der Waals surface area contributed by atoms with E-state index >= 15 is 0 Å². The third kappa shape index (κ3) is 2.50. The van der Waals surface area contributed by atoms with Crippen LogP contribution in [0.5, 0.6) is 0 Å². The molecule has 0 amide bonds. The van der Waals surface area contributed by atoms with Crippen molar-refractivity contribution in [3.63, 3.8) is 0 Å². The quantitative estimate of drug-likeness (QED) is 0.458. The molecule has 0 heterocycles.